The van der Waals surface area contributed by atoms with E-state index < -0.39 is 24.5 Å². The standard InChI is InChI=1S/C29H31F2N9O4/c1-18-7-11-25(40-16-34-38-39-40)19(13-18)8-12-27(42)36-22(5-3-4-6-26(30)31)28-32-15-24(37-28)21-10-9-20(35-29(43)44-2)14-23(21)33-17-41/h7-17,22,26H,3-6H2,1-2H3,(H,32,37)(H,33,41)(H,35,43)(H,36,42)/b12-8+/t22-/m0/s1. The molecule has 2 aromatic carbocycles. The second-order valence-corrected chi connectivity index (χ2v) is 9.71. The van der Waals surface area contributed by atoms with Crippen LogP contribution < -0.4 is 16.0 Å². The molecule has 0 unspecified atom stereocenters. The first-order valence-corrected chi connectivity index (χ1v) is 13.6. The van der Waals surface area contributed by atoms with Gasteiger partial charge in [-0.2, -0.15) is 4.68 Å². The van der Waals surface area contributed by atoms with Crippen LogP contribution in [0.5, 0.6) is 0 Å². The number of amides is 3. The highest BCUT2D eigenvalue weighted by Crippen LogP contribution is 2.31. The lowest BCUT2D eigenvalue weighted by atomic mass is 10.1. The molecule has 0 radical (unpaired) electrons. The molecule has 0 aliphatic heterocycles. The molecule has 0 aliphatic rings. The molecule has 4 aromatic rings. The van der Waals surface area contributed by atoms with Crippen LogP contribution in [0.15, 0.2) is 55.0 Å². The molecule has 3 amide bonds. The highest BCUT2D eigenvalue weighted by Gasteiger charge is 2.19. The van der Waals surface area contributed by atoms with E-state index in [-0.39, 0.29) is 12.8 Å². The predicted molar refractivity (Wildman–Crippen MR) is 158 cm³/mol. The number of benzene rings is 2. The van der Waals surface area contributed by atoms with E-state index in [1.165, 1.54) is 30.4 Å². The van der Waals surface area contributed by atoms with Crippen molar-refractivity contribution in [3.63, 3.8) is 0 Å². The summed E-state index contributed by atoms with van der Waals surface area (Å²) in [5.41, 5.74) is 4.20. The average Bonchev–Trinajstić information content (AvgIpc) is 3.71. The van der Waals surface area contributed by atoms with Gasteiger partial charge in [-0.25, -0.2) is 18.6 Å². The number of methoxy groups -OCH3 is 1. The zero-order valence-corrected chi connectivity index (χ0v) is 24.0. The summed E-state index contributed by atoms with van der Waals surface area (Å²) in [6, 6.07) is 9.83. The summed E-state index contributed by atoms with van der Waals surface area (Å²) in [6.45, 7) is 1.92. The summed E-state index contributed by atoms with van der Waals surface area (Å²) in [5, 5.41) is 19.3. The average molecular weight is 608 g/mol. The van der Waals surface area contributed by atoms with Gasteiger partial charge in [-0.1, -0.05) is 18.1 Å². The topological polar surface area (TPSA) is 169 Å². The van der Waals surface area contributed by atoms with Crippen LogP contribution in [0.4, 0.5) is 25.0 Å². The number of tetrazole rings is 1. The Labute approximate surface area is 251 Å². The van der Waals surface area contributed by atoms with Crippen molar-refractivity contribution in [1.82, 2.24) is 35.5 Å². The van der Waals surface area contributed by atoms with Crippen molar-refractivity contribution in [3.05, 3.63) is 71.9 Å². The van der Waals surface area contributed by atoms with E-state index in [4.69, 9.17) is 0 Å². The quantitative estimate of drug-likeness (QED) is 0.0900. The largest absolute Gasteiger partial charge is 0.453 e. The number of unbranched alkanes of at least 4 members (excludes halogenated alkanes) is 1. The van der Waals surface area contributed by atoms with Crippen molar-refractivity contribution in [2.24, 2.45) is 0 Å². The van der Waals surface area contributed by atoms with Gasteiger partial charge in [0.15, 0.2) is 0 Å². The molecule has 15 heteroatoms. The first kappa shape index (κ1) is 31.5. The Morgan fingerprint density at radius 2 is 1.95 bits per heavy atom. The minimum absolute atomic E-state index is 0.246. The molecule has 2 heterocycles. The third-order valence-corrected chi connectivity index (χ3v) is 6.56. The molecule has 0 saturated carbocycles. The van der Waals surface area contributed by atoms with E-state index in [0.717, 1.165) is 5.56 Å². The minimum atomic E-state index is -2.41. The number of aromatic nitrogens is 6. The number of nitrogens with one attached hydrogen (secondary N) is 4. The fraction of sp³-hybridized carbons (Fsp3) is 0.276. The van der Waals surface area contributed by atoms with Gasteiger partial charge in [0.2, 0.25) is 18.7 Å². The molecule has 4 N–H and O–H groups in total. The summed E-state index contributed by atoms with van der Waals surface area (Å²) in [6.07, 6.45) is 4.20. The van der Waals surface area contributed by atoms with Crippen molar-refractivity contribution in [2.45, 2.75) is 45.1 Å². The SMILES string of the molecule is COC(=O)Nc1ccc(-c2cnc([C@H](CCCCC(F)F)NC(=O)/C=C/c3cc(C)ccc3-n3cnnn3)[nH]2)c(NC=O)c1. The summed E-state index contributed by atoms with van der Waals surface area (Å²) in [7, 11) is 1.23. The lowest BCUT2D eigenvalue weighted by molar-refractivity contribution is -0.117. The Bertz CT molecular complexity index is 1610. The highest BCUT2D eigenvalue weighted by atomic mass is 19.3. The number of H-pyrrole nitrogens is 1. The summed E-state index contributed by atoms with van der Waals surface area (Å²) < 4.78 is 31.6. The lowest BCUT2D eigenvalue weighted by Gasteiger charge is -2.16. The van der Waals surface area contributed by atoms with Crippen molar-refractivity contribution in [3.8, 4) is 16.9 Å². The number of carbonyl (C=O) groups is 3. The molecule has 0 aliphatic carbocycles. The van der Waals surface area contributed by atoms with Crippen LogP contribution >= 0.6 is 0 Å². The van der Waals surface area contributed by atoms with Gasteiger partial charge in [0.1, 0.15) is 12.2 Å². The maximum absolute atomic E-state index is 13.1. The Morgan fingerprint density at radius 1 is 1.14 bits per heavy atom. The molecule has 2 aromatic heterocycles. The monoisotopic (exact) mass is 607 g/mol. The molecular formula is C29H31F2N9O4. The van der Waals surface area contributed by atoms with Crippen LogP contribution in [-0.2, 0) is 14.3 Å². The number of alkyl halides is 2. The molecule has 44 heavy (non-hydrogen) atoms. The van der Waals surface area contributed by atoms with E-state index in [9.17, 15) is 23.2 Å². The van der Waals surface area contributed by atoms with Crippen molar-refractivity contribution in [2.75, 3.05) is 17.7 Å². The highest BCUT2D eigenvalue weighted by molar-refractivity contribution is 5.93. The maximum atomic E-state index is 13.1. The molecule has 4 rings (SSSR count). The molecule has 0 fully saturated rings. The Morgan fingerprint density at radius 3 is 2.68 bits per heavy atom. The number of carbonyl (C=O) groups excluding carboxylic acids is 3. The van der Waals surface area contributed by atoms with E-state index in [1.807, 2.05) is 25.1 Å². The van der Waals surface area contributed by atoms with Gasteiger partial charge in [-0.15, -0.1) is 5.10 Å². The number of rotatable bonds is 14. The van der Waals surface area contributed by atoms with E-state index in [2.05, 4.69) is 46.2 Å². The molecule has 0 bridgehead atoms. The molecule has 1 atom stereocenters. The Balaban J connectivity index is 1.56. The molecule has 0 saturated heterocycles. The van der Waals surface area contributed by atoms with Crippen LogP contribution in [0.1, 0.15) is 48.7 Å². The van der Waals surface area contributed by atoms with Gasteiger partial charge in [-0.05, 0) is 66.6 Å². The summed E-state index contributed by atoms with van der Waals surface area (Å²) in [4.78, 5) is 43.6. The molecule has 13 nitrogen and oxygen atoms in total. The van der Waals surface area contributed by atoms with Gasteiger partial charge < -0.3 is 20.4 Å². The van der Waals surface area contributed by atoms with Crippen molar-refractivity contribution in [1.29, 1.82) is 0 Å². The Kier molecular flexibility index (Phi) is 10.8. The van der Waals surface area contributed by atoms with Crippen LogP contribution in [0.25, 0.3) is 23.0 Å². The van der Waals surface area contributed by atoms with Crippen LogP contribution in [0.3, 0.4) is 0 Å². The predicted octanol–water partition coefficient (Wildman–Crippen LogP) is 4.80. The number of anilines is 2. The second kappa shape index (κ2) is 15.1. The third-order valence-electron chi connectivity index (χ3n) is 6.56. The zero-order valence-electron chi connectivity index (χ0n) is 24.0. The molecule has 230 valence electrons. The number of hydrogen-bond acceptors (Lipinski definition) is 8. The number of ether oxygens (including phenoxy) is 1. The van der Waals surface area contributed by atoms with Crippen LogP contribution in [-0.4, -0.2) is 62.1 Å². The Hall–Kier alpha value is -5.47. The zero-order chi connectivity index (χ0) is 31.5. The van der Waals surface area contributed by atoms with Gasteiger partial charge in [0, 0.05) is 29.3 Å². The number of halogens is 2. The van der Waals surface area contributed by atoms with E-state index in [1.54, 1.807) is 24.3 Å². The van der Waals surface area contributed by atoms with Gasteiger partial charge in [-0.3, -0.25) is 14.9 Å². The van der Waals surface area contributed by atoms with Gasteiger partial charge in [0.05, 0.1) is 36.4 Å². The minimum Gasteiger partial charge on any atom is -0.453 e. The van der Waals surface area contributed by atoms with Crippen LogP contribution in [0.2, 0.25) is 0 Å². The second-order valence-electron chi connectivity index (χ2n) is 9.71. The fourth-order valence-electron chi connectivity index (χ4n) is 4.46. The van der Waals surface area contributed by atoms with E-state index >= 15 is 0 Å². The molecule has 0 spiro atoms. The van der Waals surface area contributed by atoms with Crippen LogP contribution in [0, 0.1) is 6.92 Å². The maximum Gasteiger partial charge on any atom is 0.411 e. The number of aryl methyl sites for hydroxylation is 1. The lowest BCUT2D eigenvalue weighted by Crippen LogP contribution is -2.27. The normalized spacial score (nSPS) is 11.8. The number of imidazole rings is 1. The van der Waals surface area contributed by atoms with Gasteiger partial charge >= 0.3 is 6.09 Å². The fourth-order valence-corrected chi connectivity index (χ4v) is 4.46. The van der Waals surface area contributed by atoms with Crippen molar-refractivity contribution < 1.29 is 27.9 Å². The summed E-state index contributed by atoms with van der Waals surface area (Å²) in [5.74, 6) is -0.0231. The number of aromatic amines is 1. The first-order chi connectivity index (χ1) is 21.3. The molecular weight excluding hydrogens is 576 g/mol. The smallest absolute Gasteiger partial charge is 0.411 e. The number of hydrogen-bond donors (Lipinski definition) is 4. The summed E-state index contributed by atoms with van der Waals surface area (Å²) >= 11 is 0. The third kappa shape index (κ3) is 8.53. The van der Waals surface area contributed by atoms with E-state index in [0.29, 0.717) is 59.0 Å². The van der Waals surface area contributed by atoms with Gasteiger partial charge in [0.25, 0.3) is 0 Å². The van der Waals surface area contributed by atoms with Crippen molar-refractivity contribution >= 4 is 35.9 Å². The number of nitrogens with zero attached hydrogens (tertiary/aromatic N) is 5. The first-order valence-electron chi connectivity index (χ1n) is 13.6.